The maximum Gasteiger partial charge on any atom is 0.339 e. The van der Waals surface area contributed by atoms with Crippen molar-refractivity contribution in [3.05, 3.63) is 65.0 Å². The molecule has 6 heteroatoms. The van der Waals surface area contributed by atoms with Crippen molar-refractivity contribution < 1.29 is 14.3 Å². The Hall–Kier alpha value is -2.73. The topological polar surface area (TPSA) is 71.5 Å². The smallest absolute Gasteiger partial charge is 0.339 e. The number of ether oxygens (including phenoxy) is 1. The molecule has 132 valence electrons. The lowest BCUT2D eigenvalue weighted by Crippen LogP contribution is -2.34. The van der Waals surface area contributed by atoms with Gasteiger partial charge < -0.3 is 15.0 Å². The van der Waals surface area contributed by atoms with Crippen molar-refractivity contribution in [3.8, 4) is 0 Å². The molecule has 0 aliphatic rings. The first-order valence-electron chi connectivity index (χ1n) is 7.97. The van der Waals surface area contributed by atoms with E-state index < -0.39 is 5.97 Å². The van der Waals surface area contributed by atoms with Gasteiger partial charge in [-0.1, -0.05) is 29.8 Å². The molecule has 1 amide bonds. The second-order valence-electron chi connectivity index (χ2n) is 6.05. The first kappa shape index (κ1) is 18.6. The molecule has 2 rings (SSSR count). The average Bonchev–Trinajstić information content (AvgIpc) is 2.62. The quantitative estimate of drug-likeness (QED) is 0.816. The first-order valence-corrected chi connectivity index (χ1v) is 7.97. The maximum atomic E-state index is 12.4. The fourth-order valence-electron chi connectivity index (χ4n) is 2.47. The van der Waals surface area contributed by atoms with Crippen LogP contribution in [0.3, 0.4) is 0 Å². The van der Waals surface area contributed by atoms with Crippen molar-refractivity contribution in [2.75, 3.05) is 27.7 Å². The Morgan fingerprint density at radius 2 is 1.80 bits per heavy atom. The van der Waals surface area contributed by atoms with Crippen LogP contribution >= 0.6 is 0 Å². The number of hydrogen-bond acceptors (Lipinski definition) is 5. The monoisotopic (exact) mass is 341 g/mol. The number of hydrogen-bond donors (Lipinski definition) is 1. The Bertz CT molecular complexity index is 742. The lowest BCUT2D eigenvalue weighted by Gasteiger charge is -2.25. The van der Waals surface area contributed by atoms with Gasteiger partial charge in [-0.15, -0.1) is 0 Å². The summed E-state index contributed by atoms with van der Waals surface area (Å²) in [6, 6.07) is 9.75. The molecule has 1 atom stereocenters. The van der Waals surface area contributed by atoms with E-state index >= 15 is 0 Å². The third-order valence-electron chi connectivity index (χ3n) is 3.96. The van der Waals surface area contributed by atoms with Crippen LogP contribution in [-0.4, -0.2) is 49.5 Å². The normalized spacial score (nSPS) is 11.9. The summed E-state index contributed by atoms with van der Waals surface area (Å²) in [5.41, 5.74) is 2.88. The summed E-state index contributed by atoms with van der Waals surface area (Å²) in [7, 11) is 5.23. The highest BCUT2D eigenvalue weighted by atomic mass is 16.5. The SMILES string of the molecule is COC(=O)c1cncc(C(=O)NCC(c2ccc(C)cc2)N(C)C)c1. The number of nitrogens with one attached hydrogen (secondary N) is 1. The lowest BCUT2D eigenvalue weighted by atomic mass is 10.0. The van der Waals surface area contributed by atoms with Gasteiger partial charge in [-0.2, -0.15) is 0 Å². The minimum absolute atomic E-state index is 0.0429. The van der Waals surface area contributed by atoms with Crippen molar-refractivity contribution in [2.24, 2.45) is 0 Å². The van der Waals surface area contributed by atoms with Crippen molar-refractivity contribution in [3.63, 3.8) is 0 Å². The molecule has 0 aliphatic carbocycles. The highest BCUT2D eigenvalue weighted by molar-refractivity contribution is 5.97. The van der Waals surface area contributed by atoms with Gasteiger partial charge in [0.05, 0.1) is 24.3 Å². The summed E-state index contributed by atoms with van der Waals surface area (Å²) in [5, 5.41) is 2.90. The van der Waals surface area contributed by atoms with Crippen LogP contribution in [-0.2, 0) is 4.74 Å². The van der Waals surface area contributed by atoms with E-state index in [1.54, 1.807) is 0 Å². The molecule has 0 spiro atoms. The number of rotatable bonds is 6. The summed E-state index contributed by atoms with van der Waals surface area (Å²) in [4.78, 5) is 29.9. The van der Waals surface area contributed by atoms with Crippen LogP contribution in [0.15, 0.2) is 42.7 Å². The molecule has 0 radical (unpaired) electrons. The number of likely N-dealkylation sites (N-methyl/N-ethyl adjacent to an activating group) is 1. The van der Waals surface area contributed by atoms with Crippen LogP contribution in [0.2, 0.25) is 0 Å². The summed E-state index contributed by atoms with van der Waals surface area (Å²) >= 11 is 0. The molecule has 1 heterocycles. The fourth-order valence-corrected chi connectivity index (χ4v) is 2.47. The van der Waals surface area contributed by atoms with Gasteiger partial charge in [0.25, 0.3) is 5.91 Å². The molecule has 0 fully saturated rings. The number of nitrogens with zero attached hydrogens (tertiary/aromatic N) is 2. The zero-order valence-corrected chi connectivity index (χ0v) is 14.9. The van der Waals surface area contributed by atoms with Crippen molar-refractivity contribution in [1.29, 1.82) is 0 Å². The fraction of sp³-hybridized carbons (Fsp3) is 0.316. The number of aromatic nitrogens is 1. The highest BCUT2D eigenvalue weighted by Crippen LogP contribution is 2.18. The predicted octanol–water partition coefficient (Wildman–Crippen LogP) is 2.21. The van der Waals surface area contributed by atoms with Gasteiger partial charge in [0.15, 0.2) is 0 Å². The average molecular weight is 341 g/mol. The van der Waals surface area contributed by atoms with Gasteiger partial charge in [-0.25, -0.2) is 4.79 Å². The van der Waals surface area contributed by atoms with E-state index in [-0.39, 0.29) is 17.5 Å². The Labute approximate surface area is 147 Å². The van der Waals surface area contributed by atoms with Crippen molar-refractivity contribution >= 4 is 11.9 Å². The Balaban J connectivity index is 2.09. The van der Waals surface area contributed by atoms with Gasteiger partial charge in [0, 0.05) is 18.9 Å². The second kappa shape index (κ2) is 8.39. The Morgan fingerprint density at radius 3 is 2.40 bits per heavy atom. The van der Waals surface area contributed by atoms with Gasteiger partial charge >= 0.3 is 5.97 Å². The van der Waals surface area contributed by atoms with E-state index in [1.165, 1.54) is 31.1 Å². The van der Waals surface area contributed by atoms with E-state index in [2.05, 4.69) is 39.3 Å². The second-order valence-corrected chi connectivity index (χ2v) is 6.05. The van der Waals surface area contributed by atoms with Crippen molar-refractivity contribution in [2.45, 2.75) is 13.0 Å². The van der Waals surface area contributed by atoms with Gasteiger partial charge in [0.1, 0.15) is 0 Å². The van der Waals surface area contributed by atoms with Crippen LogP contribution in [0.1, 0.15) is 37.9 Å². The van der Waals surface area contributed by atoms with E-state index in [9.17, 15) is 9.59 Å². The summed E-state index contributed by atoms with van der Waals surface area (Å²) in [5.74, 6) is -0.801. The lowest BCUT2D eigenvalue weighted by molar-refractivity contribution is 0.0600. The minimum Gasteiger partial charge on any atom is -0.465 e. The van der Waals surface area contributed by atoms with Crippen molar-refractivity contribution in [1.82, 2.24) is 15.2 Å². The van der Waals surface area contributed by atoms with Crippen LogP contribution in [0.4, 0.5) is 0 Å². The molecule has 1 aromatic carbocycles. The Kier molecular flexibility index (Phi) is 6.25. The molecule has 1 N–H and O–H groups in total. The number of aryl methyl sites for hydroxylation is 1. The molecule has 0 saturated heterocycles. The third kappa shape index (κ3) is 4.87. The maximum absolute atomic E-state index is 12.4. The largest absolute Gasteiger partial charge is 0.465 e. The molecule has 0 saturated carbocycles. The number of benzene rings is 1. The standard InChI is InChI=1S/C19H23N3O3/c1-13-5-7-14(8-6-13)17(22(2)3)12-21-18(23)15-9-16(11-20-10-15)19(24)25-4/h5-11,17H,12H2,1-4H3,(H,21,23). The summed E-state index contributed by atoms with van der Waals surface area (Å²) in [6.45, 7) is 2.48. The zero-order chi connectivity index (χ0) is 18.4. The van der Waals surface area contributed by atoms with Gasteiger partial charge in [-0.05, 0) is 32.6 Å². The molecule has 1 aromatic heterocycles. The molecular weight excluding hydrogens is 318 g/mol. The zero-order valence-electron chi connectivity index (χ0n) is 14.9. The van der Waals surface area contributed by atoms with Gasteiger partial charge in [0.2, 0.25) is 0 Å². The van der Waals surface area contributed by atoms with E-state index in [0.29, 0.717) is 12.1 Å². The number of pyridine rings is 1. The van der Waals surface area contributed by atoms with Crippen LogP contribution < -0.4 is 5.32 Å². The van der Waals surface area contributed by atoms with E-state index in [4.69, 9.17) is 0 Å². The third-order valence-corrected chi connectivity index (χ3v) is 3.96. The molecular formula is C19H23N3O3. The first-order chi connectivity index (χ1) is 11.9. The molecule has 2 aromatic rings. The highest BCUT2D eigenvalue weighted by Gasteiger charge is 2.17. The summed E-state index contributed by atoms with van der Waals surface area (Å²) in [6.07, 6.45) is 2.80. The number of carbonyl (C=O) groups is 2. The minimum atomic E-state index is -0.520. The predicted molar refractivity (Wildman–Crippen MR) is 95.5 cm³/mol. The van der Waals surface area contributed by atoms with Crippen LogP contribution in [0.5, 0.6) is 0 Å². The van der Waals surface area contributed by atoms with Crippen LogP contribution in [0, 0.1) is 6.92 Å². The van der Waals surface area contributed by atoms with Crippen LogP contribution in [0.25, 0.3) is 0 Å². The number of esters is 1. The van der Waals surface area contributed by atoms with Gasteiger partial charge in [-0.3, -0.25) is 9.78 Å². The Morgan fingerprint density at radius 1 is 1.16 bits per heavy atom. The number of carbonyl (C=O) groups excluding carboxylic acids is 2. The molecule has 0 aliphatic heterocycles. The number of amides is 1. The molecule has 6 nitrogen and oxygen atoms in total. The molecule has 0 bridgehead atoms. The van der Waals surface area contributed by atoms with E-state index in [0.717, 1.165) is 5.56 Å². The molecule has 1 unspecified atom stereocenters. The van der Waals surface area contributed by atoms with E-state index in [1.807, 2.05) is 25.9 Å². The molecule has 25 heavy (non-hydrogen) atoms. The summed E-state index contributed by atoms with van der Waals surface area (Å²) < 4.78 is 4.65. The number of methoxy groups -OCH3 is 1.